The summed E-state index contributed by atoms with van der Waals surface area (Å²) < 4.78 is 4.90. The zero-order chi connectivity index (χ0) is 18.8. The second-order valence-electron chi connectivity index (χ2n) is 5.25. The van der Waals surface area contributed by atoms with Crippen LogP contribution < -0.4 is 11.1 Å². The minimum Gasteiger partial charge on any atom is -0.449 e. The van der Waals surface area contributed by atoms with E-state index >= 15 is 0 Å². The third-order valence-electron chi connectivity index (χ3n) is 3.50. The molecule has 25 heavy (non-hydrogen) atoms. The first-order chi connectivity index (χ1) is 12.0. The molecular formula is C18H24N4O3. The highest BCUT2D eigenvalue weighted by atomic mass is 16.6. The Bertz CT molecular complexity index is 692. The zero-order valence-electron chi connectivity index (χ0n) is 14.8. The number of rotatable bonds is 7. The van der Waals surface area contributed by atoms with Gasteiger partial charge in [-0.15, -0.1) is 0 Å². The highest BCUT2D eigenvalue weighted by molar-refractivity contribution is 6.07. The molecule has 0 bridgehead atoms. The standard InChI is InChI=1S/C18H24N4O3/c1-4-14-8-6-7-13(3)16(14)21-17(23)15(11-20)12-22(10-9-19)18(24)25-5-2/h6-8,12H,4-5,9-10,19H2,1-3H3,(H,21,23)/b15-12-. The molecule has 0 unspecified atom stereocenters. The average Bonchev–Trinajstić information content (AvgIpc) is 2.60. The number of benzene rings is 1. The van der Waals surface area contributed by atoms with Gasteiger partial charge in [0.05, 0.1) is 6.61 Å². The molecule has 0 fully saturated rings. The summed E-state index contributed by atoms with van der Waals surface area (Å²) in [7, 11) is 0. The van der Waals surface area contributed by atoms with Crippen molar-refractivity contribution in [2.75, 3.05) is 25.0 Å². The van der Waals surface area contributed by atoms with Crippen molar-refractivity contribution in [1.82, 2.24) is 4.90 Å². The molecule has 1 aromatic carbocycles. The van der Waals surface area contributed by atoms with Crippen LogP contribution in [0.3, 0.4) is 0 Å². The first kappa shape index (κ1) is 20.2. The number of carbonyl (C=O) groups is 2. The van der Waals surface area contributed by atoms with Gasteiger partial charge in [0.2, 0.25) is 0 Å². The van der Waals surface area contributed by atoms with Crippen LogP contribution in [-0.2, 0) is 16.0 Å². The van der Waals surface area contributed by atoms with Gasteiger partial charge in [-0.25, -0.2) is 4.79 Å². The van der Waals surface area contributed by atoms with Gasteiger partial charge in [0, 0.05) is 25.0 Å². The number of nitrogens with one attached hydrogen (secondary N) is 1. The van der Waals surface area contributed by atoms with Crippen LogP contribution in [0.2, 0.25) is 0 Å². The van der Waals surface area contributed by atoms with Crippen LogP contribution in [-0.4, -0.2) is 36.6 Å². The van der Waals surface area contributed by atoms with E-state index in [1.807, 2.05) is 38.1 Å². The van der Waals surface area contributed by atoms with Gasteiger partial charge in [0.15, 0.2) is 0 Å². The van der Waals surface area contributed by atoms with E-state index in [2.05, 4.69) is 5.32 Å². The van der Waals surface area contributed by atoms with Crippen molar-refractivity contribution in [2.24, 2.45) is 5.73 Å². The number of hydrogen-bond acceptors (Lipinski definition) is 5. The van der Waals surface area contributed by atoms with Gasteiger partial charge in [-0.1, -0.05) is 25.1 Å². The zero-order valence-corrected chi connectivity index (χ0v) is 14.8. The molecule has 0 heterocycles. The molecule has 0 aliphatic rings. The van der Waals surface area contributed by atoms with E-state index < -0.39 is 12.0 Å². The van der Waals surface area contributed by atoms with Crippen molar-refractivity contribution in [3.05, 3.63) is 41.1 Å². The third kappa shape index (κ3) is 5.62. The summed E-state index contributed by atoms with van der Waals surface area (Å²) in [5.41, 5.74) is 7.82. The lowest BCUT2D eigenvalue weighted by Crippen LogP contribution is -2.32. The Morgan fingerprint density at radius 1 is 1.40 bits per heavy atom. The lowest BCUT2D eigenvalue weighted by Gasteiger charge is -2.17. The Labute approximate surface area is 148 Å². The molecule has 0 saturated heterocycles. The van der Waals surface area contributed by atoms with Crippen LogP contribution >= 0.6 is 0 Å². The van der Waals surface area contributed by atoms with E-state index in [1.54, 1.807) is 6.92 Å². The van der Waals surface area contributed by atoms with E-state index in [1.165, 1.54) is 6.20 Å². The van der Waals surface area contributed by atoms with Crippen LogP contribution in [0, 0.1) is 18.3 Å². The van der Waals surface area contributed by atoms with Crippen LogP contribution in [0.1, 0.15) is 25.0 Å². The van der Waals surface area contributed by atoms with Crippen molar-refractivity contribution in [3.63, 3.8) is 0 Å². The molecule has 7 nitrogen and oxygen atoms in total. The van der Waals surface area contributed by atoms with Crippen LogP contribution in [0.15, 0.2) is 30.0 Å². The van der Waals surface area contributed by atoms with Gasteiger partial charge in [-0.2, -0.15) is 5.26 Å². The molecule has 2 amide bonds. The summed E-state index contributed by atoms with van der Waals surface area (Å²) in [6, 6.07) is 7.53. The number of amides is 2. The van der Waals surface area contributed by atoms with Gasteiger partial charge in [-0.05, 0) is 31.4 Å². The molecule has 0 spiro atoms. The van der Waals surface area contributed by atoms with Crippen molar-refractivity contribution >= 4 is 17.7 Å². The lowest BCUT2D eigenvalue weighted by atomic mass is 10.1. The number of anilines is 1. The fourth-order valence-corrected chi connectivity index (χ4v) is 2.23. The summed E-state index contributed by atoms with van der Waals surface area (Å²) in [5.74, 6) is -0.585. The summed E-state index contributed by atoms with van der Waals surface area (Å²) in [6.45, 7) is 6.03. The average molecular weight is 344 g/mol. The van der Waals surface area contributed by atoms with Gasteiger partial charge in [-0.3, -0.25) is 9.69 Å². The maximum absolute atomic E-state index is 12.5. The first-order valence-corrected chi connectivity index (χ1v) is 8.13. The Hall–Kier alpha value is -2.85. The molecule has 0 aromatic heterocycles. The van der Waals surface area contributed by atoms with Crippen LogP contribution in [0.5, 0.6) is 0 Å². The molecule has 7 heteroatoms. The molecule has 3 N–H and O–H groups in total. The molecule has 0 aliphatic heterocycles. The highest BCUT2D eigenvalue weighted by Crippen LogP contribution is 2.21. The second-order valence-corrected chi connectivity index (χ2v) is 5.25. The SMILES string of the molecule is CCOC(=O)N(/C=C(/C#N)C(=O)Nc1c(C)cccc1CC)CCN. The topological polar surface area (TPSA) is 108 Å². The number of nitrogens with zero attached hydrogens (tertiary/aromatic N) is 2. The number of nitrogens with two attached hydrogens (primary N) is 1. The summed E-state index contributed by atoms with van der Waals surface area (Å²) in [6.07, 6.45) is 1.26. The molecule has 0 atom stereocenters. The fourth-order valence-electron chi connectivity index (χ4n) is 2.23. The number of nitriles is 1. The Morgan fingerprint density at radius 2 is 2.12 bits per heavy atom. The van der Waals surface area contributed by atoms with E-state index in [4.69, 9.17) is 10.5 Å². The van der Waals surface area contributed by atoms with Gasteiger partial charge >= 0.3 is 6.09 Å². The first-order valence-electron chi connectivity index (χ1n) is 8.13. The predicted molar refractivity (Wildman–Crippen MR) is 95.7 cm³/mol. The summed E-state index contributed by atoms with van der Waals surface area (Å²) in [4.78, 5) is 25.5. The molecular weight excluding hydrogens is 320 g/mol. The van der Waals surface area contributed by atoms with E-state index in [-0.39, 0.29) is 25.3 Å². The molecule has 0 saturated carbocycles. The molecule has 0 radical (unpaired) electrons. The fraction of sp³-hybridized carbons (Fsp3) is 0.389. The molecule has 1 rings (SSSR count). The van der Waals surface area contributed by atoms with E-state index in [0.29, 0.717) is 5.69 Å². The van der Waals surface area contributed by atoms with Gasteiger partial charge < -0.3 is 15.8 Å². The lowest BCUT2D eigenvalue weighted by molar-refractivity contribution is -0.112. The Morgan fingerprint density at radius 3 is 2.68 bits per heavy atom. The molecule has 134 valence electrons. The smallest absolute Gasteiger partial charge is 0.413 e. The Kier molecular flexibility index (Phi) is 8.16. The Balaban J connectivity index is 3.08. The quantitative estimate of drug-likeness (QED) is 0.583. The van der Waals surface area contributed by atoms with Gasteiger partial charge in [0.1, 0.15) is 11.6 Å². The normalized spacial score (nSPS) is 10.8. The maximum atomic E-state index is 12.5. The van der Waals surface area contributed by atoms with Crippen LogP contribution in [0.25, 0.3) is 0 Å². The van der Waals surface area contributed by atoms with E-state index in [9.17, 15) is 14.9 Å². The highest BCUT2D eigenvalue weighted by Gasteiger charge is 2.18. The van der Waals surface area contributed by atoms with Gasteiger partial charge in [0.25, 0.3) is 5.91 Å². The third-order valence-corrected chi connectivity index (χ3v) is 3.50. The summed E-state index contributed by atoms with van der Waals surface area (Å²) >= 11 is 0. The number of ether oxygens (including phenoxy) is 1. The van der Waals surface area contributed by atoms with Crippen molar-refractivity contribution in [1.29, 1.82) is 5.26 Å². The maximum Gasteiger partial charge on any atom is 0.413 e. The predicted octanol–water partition coefficient (Wildman–Crippen LogP) is 2.32. The molecule has 1 aromatic rings. The monoisotopic (exact) mass is 344 g/mol. The van der Waals surface area contributed by atoms with Crippen molar-refractivity contribution in [2.45, 2.75) is 27.2 Å². The minimum atomic E-state index is -0.654. The summed E-state index contributed by atoms with van der Waals surface area (Å²) in [5, 5.41) is 12.1. The number of para-hydroxylation sites is 1. The second kappa shape index (κ2) is 10.1. The minimum absolute atomic E-state index is 0.141. The number of aryl methyl sites for hydroxylation is 2. The number of hydrogen-bond donors (Lipinski definition) is 2. The number of carbonyl (C=O) groups excluding carboxylic acids is 2. The van der Waals surface area contributed by atoms with Crippen LogP contribution in [0.4, 0.5) is 10.5 Å². The van der Waals surface area contributed by atoms with Crippen molar-refractivity contribution < 1.29 is 14.3 Å². The largest absolute Gasteiger partial charge is 0.449 e. The van der Waals surface area contributed by atoms with E-state index in [0.717, 1.165) is 22.4 Å². The van der Waals surface area contributed by atoms with Crippen molar-refractivity contribution in [3.8, 4) is 6.07 Å². The molecule has 0 aliphatic carbocycles.